The Morgan fingerprint density at radius 2 is 1.86 bits per heavy atom. The van der Waals surface area contributed by atoms with E-state index in [4.69, 9.17) is 4.74 Å². The second-order valence-electron chi connectivity index (χ2n) is 8.03. The molecule has 0 saturated carbocycles. The lowest BCUT2D eigenvalue weighted by Crippen LogP contribution is -2.31. The van der Waals surface area contributed by atoms with Crippen LogP contribution in [0.25, 0.3) is 17.3 Å². The first-order valence-electron chi connectivity index (χ1n) is 10.9. The first-order valence-corrected chi connectivity index (χ1v) is 12.6. The summed E-state index contributed by atoms with van der Waals surface area (Å²) in [6.07, 6.45) is 0. The van der Waals surface area contributed by atoms with Crippen LogP contribution in [0.15, 0.2) is 56.9 Å². The van der Waals surface area contributed by atoms with Gasteiger partial charge in [-0.05, 0) is 36.8 Å². The summed E-state index contributed by atoms with van der Waals surface area (Å²) < 4.78 is 9.24. The van der Waals surface area contributed by atoms with Crippen molar-refractivity contribution >= 4 is 46.4 Å². The van der Waals surface area contributed by atoms with Gasteiger partial charge in [0, 0.05) is 24.6 Å². The van der Waals surface area contributed by atoms with Gasteiger partial charge in [0.25, 0.3) is 11.1 Å². The van der Waals surface area contributed by atoms with Gasteiger partial charge in [-0.25, -0.2) is 4.68 Å². The second-order valence-corrected chi connectivity index (χ2v) is 10.1. The molecule has 4 aromatic rings. The highest BCUT2D eigenvalue weighted by molar-refractivity contribution is 8.08. The number of carboxylic acids is 1. The SMILES string of the molecule is C=c1[nH]n(-c2ccc(C(=O)[O-])cc2)c(=O)c1=c1sc(=C2Sc3ccc(OC)cc3N2C)c(=O)n1CC. The molecule has 1 N–H and O–H groups in total. The zero-order valence-electron chi connectivity index (χ0n) is 19.7. The zero-order valence-corrected chi connectivity index (χ0v) is 21.3. The Bertz CT molecular complexity index is 1850. The Balaban J connectivity index is 1.77. The summed E-state index contributed by atoms with van der Waals surface area (Å²) in [5.41, 5.74) is 0.810. The van der Waals surface area contributed by atoms with Crippen LogP contribution in [0.1, 0.15) is 17.3 Å². The fourth-order valence-electron chi connectivity index (χ4n) is 4.10. The Hall–Kier alpha value is -3.96. The van der Waals surface area contributed by atoms with Crippen molar-refractivity contribution in [1.29, 1.82) is 0 Å². The molecular formula is C25H21N4O5S2-. The molecule has 0 radical (unpaired) electrons. The average Bonchev–Trinajstić information content (AvgIpc) is 3.48. The number of benzene rings is 2. The Labute approximate surface area is 212 Å². The lowest BCUT2D eigenvalue weighted by Gasteiger charge is -2.13. The van der Waals surface area contributed by atoms with Crippen LogP contribution in [-0.2, 0) is 6.54 Å². The number of anilines is 1. The van der Waals surface area contributed by atoms with Crippen molar-refractivity contribution in [3.8, 4) is 11.4 Å². The van der Waals surface area contributed by atoms with Crippen molar-refractivity contribution in [1.82, 2.24) is 14.3 Å². The molecule has 9 nitrogen and oxygen atoms in total. The van der Waals surface area contributed by atoms with E-state index in [1.807, 2.05) is 37.1 Å². The van der Waals surface area contributed by atoms with Crippen LogP contribution in [0.5, 0.6) is 5.75 Å². The minimum Gasteiger partial charge on any atom is -0.545 e. The molecular weight excluding hydrogens is 500 g/mol. The maximum Gasteiger partial charge on any atom is 0.282 e. The molecule has 1 aliphatic heterocycles. The van der Waals surface area contributed by atoms with Crippen molar-refractivity contribution in [2.45, 2.75) is 18.4 Å². The van der Waals surface area contributed by atoms with Crippen LogP contribution in [-0.4, -0.2) is 34.5 Å². The number of ether oxygens (including phenoxy) is 1. The van der Waals surface area contributed by atoms with Gasteiger partial charge < -0.3 is 19.5 Å². The lowest BCUT2D eigenvalue weighted by molar-refractivity contribution is -0.255. The average molecular weight is 522 g/mol. The third kappa shape index (κ3) is 3.67. The van der Waals surface area contributed by atoms with Crippen molar-refractivity contribution in [2.24, 2.45) is 0 Å². The highest BCUT2D eigenvalue weighted by Crippen LogP contribution is 2.46. The molecule has 0 spiro atoms. The van der Waals surface area contributed by atoms with Gasteiger partial charge in [0.15, 0.2) is 0 Å². The van der Waals surface area contributed by atoms with E-state index in [-0.39, 0.29) is 16.7 Å². The van der Waals surface area contributed by atoms with E-state index in [0.717, 1.165) is 21.4 Å². The molecule has 0 aliphatic carbocycles. The number of carbonyl (C=O) groups is 1. The van der Waals surface area contributed by atoms with Gasteiger partial charge in [0.2, 0.25) is 0 Å². The molecule has 1 aliphatic rings. The smallest absolute Gasteiger partial charge is 0.282 e. The number of aromatic nitrogens is 3. The molecule has 0 unspecified atom stereocenters. The summed E-state index contributed by atoms with van der Waals surface area (Å²) in [7, 11) is 3.51. The normalized spacial score (nSPS) is 15.2. The van der Waals surface area contributed by atoms with Crippen LogP contribution in [0, 0.1) is 9.88 Å². The number of hydrogen-bond donors (Lipinski definition) is 1. The number of fused-ring (bicyclic) bond motifs is 1. The highest BCUT2D eigenvalue weighted by Gasteiger charge is 2.25. The predicted octanol–water partition coefficient (Wildman–Crippen LogP) is 0.786. The largest absolute Gasteiger partial charge is 0.545 e. The van der Waals surface area contributed by atoms with E-state index in [1.54, 1.807) is 11.7 Å². The molecule has 0 saturated heterocycles. The van der Waals surface area contributed by atoms with E-state index in [1.165, 1.54) is 52.0 Å². The Kier molecular flexibility index (Phi) is 5.89. The maximum absolute atomic E-state index is 13.5. The molecule has 184 valence electrons. The molecule has 0 bridgehead atoms. The number of aromatic carboxylic acids is 1. The van der Waals surface area contributed by atoms with E-state index in [9.17, 15) is 19.5 Å². The van der Waals surface area contributed by atoms with Gasteiger partial charge in [-0.2, -0.15) is 0 Å². The number of carbonyl (C=O) groups excluding carboxylic acids is 1. The topological polar surface area (TPSA) is 112 Å². The summed E-state index contributed by atoms with van der Waals surface area (Å²) in [5.74, 6) is -0.577. The molecule has 5 rings (SSSR count). The van der Waals surface area contributed by atoms with Crippen LogP contribution < -0.4 is 35.7 Å². The Morgan fingerprint density at radius 1 is 1.14 bits per heavy atom. The van der Waals surface area contributed by atoms with Crippen molar-refractivity contribution in [3.05, 3.63) is 88.5 Å². The first kappa shape index (κ1) is 23.8. The number of nitrogens with zero attached hydrogens (tertiary/aromatic N) is 3. The zero-order chi connectivity index (χ0) is 25.7. The summed E-state index contributed by atoms with van der Waals surface area (Å²) in [6.45, 7) is 6.23. The molecule has 11 heteroatoms. The minimum absolute atomic E-state index is 0.00460. The molecule has 0 atom stereocenters. The molecule has 2 aromatic heterocycles. The number of H-pyrrole nitrogens is 1. The summed E-state index contributed by atoms with van der Waals surface area (Å²) in [4.78, 5) is 41.0. The third-order valence-corrected chi connectivity index (χ3v) is 8.53. The summed E-state index contributed by atoms with van der Waals surface area (Å²) in [5, 5.41) is 15.4. The van der Waals surface area contributed by atoms with E-state index >= 15 is 0 Å². The van der Waals surface area contributed by atoms with Crippen molar-refractivity contribution in [2.75, 3.05) is 19.1 Å². The quantitative estimate of drug-likeness (QED) is 0.423. The van der Waals surface area contributed by atoms with E-state index in [2.05, 4.69) is 11.7 Å². The predicted molar refractivity (Wildman–Crippen MR) is 138 cm³/mol. The number of methoxy groups -OCH3 is 1. The van der Waals surface area contributed by atoms with Gasteiger partial charge in [0.05, 0.1) is 29.8 Å². The van der Waals surface area contributed by atoms with Gasteiger partial charge in [-0.15, -0.1) is 11.3 Å². The number of hydrogen-bond acceptors (Lipinski definition) is 8. The molecule has 0 fully saturated rings. The number of thioether (sulfide) groups is 1. The molecule has 36 heavy (non-hydrogen) atoms. The number of nitrogens with one attached hydrogen (secondary N) is 1. The minimum atomic E-state index is -1.30. The molecule has 0 amide bonds. The highest BCUT2D eigenvalue weighted by atomic mass is 32.2. The number of carboxylic acid groups (broad SMARTS) is 1. The molecule has 3 heterocycles. The second kappa shape index (κ2) is 8.92. The van der Waals surface area contributed by atoms with Gasteiger partial charge in [-0.1, -0.05) is 30.5 Å². The first-order chi connectivity index (χ1) is 17.2. The Morgan fingerprint density at radius 3 is 2.50 bits per heavy atom. The summed E-state index contributed by atoms with van der Waals surface area (Å²) >= 11 is 2.75. The van der Waals surface area contributed by atoms with Gasteiger partial charge in [0.1, 0.15) is 25.2 Å². The standard InChI is InChI=1S/C25H22N4O5S2/c1-5-28-22(31)20(24-27(3)17-12-16(34-4)10-11-18(17)35-24)36-23(28)19-13(2)26-29(21(19)30)15-8-6-14(7-9-15)25(32)33/h6-12,26H,2,5H2,1,3-4H3,(H,32,33)/p-1. The van der Waals surface area contributed by atoms with Gasteiger partial charge in [-0.3, -0.25) is 19.3 Å². The summed E-state index contributed by atoms with van der Waals surface area (Å²) in [6, 6.07) is 11.5. The fraction of sp³-hybridized carbons (Fsp3) is 0.160. The van der Waals surface area contributed by atoms with Crippen LogP contribution in [0.2, 0.25) is 0 Å². The molecule has 2 aromatic carbocycles. The van der Waals surface area contributed by atoms with E-state index in [0.29, 0.717) is 32.0 Å². The maximum atomic E-state index is 13.5. The van der Waals surface area contributed by atoms with E-state index < -0.39 is 5.97 Å². The monoisotopic (exact) mass is 521 g/mol. The van der Waals surface area contributed by atoms with Gasteiger partial charge >= 0.3 is 0 Å². The fourth-order valence-corrected chi connectivity index (χ4v) is 6.66. The third-order valence-electron chi connectivity index (χ3n) is 5.97. The van der Waals surface area contributed by atoms with Crippen LogP contribution in [0.3, 0.4) is 0 Å². The lowest BCUT2D eigenvalue weighted by atomic mass is 10.2. The van der Waals surface area contributed by atoms with Crippen LogP contribution in [0.4, 0.5) is 5.69 Å². The number of rotatable bonds is 4. The van der Waals surface area contributed by atoms with Crippen LogP contribution >= 0.6 is 23.1 Å². The van der Waals surface area contributed by atoms with Crippen molar-refractivity contribution in [3.63, 3.8) is 0 Å². The number of aromatic amines is 1. The van der Waals surface area contributed by atoms with Crippen molar-refractivity contribution < 1.29 is 14.6 Å². The number of thiazole rings is 1.